The molecule has 0 radical (unpaired) electrons. The highest BCUT2D eigenvalue weighted by Gasteiger charge is 2.37. The fourth-order valence-electron chi connectivity index (χ4n) is 3.51. The molecule has 2 aromatic carbocycles. The lowest BCUT2D eigenvalue weighted by Gasteiger charge is -2.36. The molecule has 2 fully saturated rings. The van der Waals surface area contributed by atoms with Crippen LogP contribution in [0.15, 0.2) is 48.5 Å². The molecule has 0 N–H and O–H groups in total. The molecule has 0 amide bonds. The zero-order valence-electron chi connectivity index (χ0n) is 16.8. The largest absolute Gasteiger partial charge is 0.509 e. The Morgan fingerprint density at radius 3 is 1.38 bits per heavy atom. The molecule has 4 unspecified atom stereocenters. The first-order valence-corrected chi connectivity index (χ1v) is 10.0. The third kappa shape index (κ3) is 4.68. The van der Waals surface area contributed by atoms with E-state index in [9.17, 15) is 25.0 Å². The lowest BCUT2D eigenvalue weighted by molar-refractivity contribution is -0.385. The van der Waals surface area contributed by atoms with Crippen LogP contribution in [0.5, 0.6) is 0 Å². The number of non-ortho nitro benzene ring substituents is 2. The Kier molecular flexibility index (Phi) is 6.28. The Morgan fingerprint density at radius 2 is 1.12 bits per heavy atom. The van der Waals surface area contributed by atoms with Gasteiger partial charge >= 0.3 is 6.16 Å². The van der Waals surface area contributed by atoms with E-state index in [0.717, 1.165) is 0 Å². The number of nitrogens with zero attached hydrogens (tertiary/aromatic N) is 2. The molecule has 2 heterocycles. The van der Waals surface area contributed by atoms with E-state index in [1.807, 2.05) is 0 Å². The van der Waals surface area contributed by atoms with Gasteiger partial charge in [-0.1, -0.05) is 0 Å². The summed E-state index contributed by atoms with van der Waals surface area (Å²) in [5.41, 5.74) is 0.933. The predicted molar refractivity (Wildman–Crippen MR) is 108 cm³/mol. The number of nitro groups is 2. The Balaban J connectivity index is 1.49. The Labute approximate surface area is 182 Å². The van der Waals surface area contributed by atoms with Crippen LogP contribution in [0.2, 0.25) is 0 Å². The molecule has 4 atom stereocenters. The first kappa shape index (κ1) is 21.7. The zero-order valence-corrected chi connectivity index (χ0v) is 16.8. The first-order chi connectivity index (χ1) is 15.4. The fraction of sp³-hybridized carbons (Fsp3) is 0.381. The first-order valence-electron chi connectivity index (χ1n) is 10.0. The number of hydrogen-bond acceptors (Lipinski definition) is 9. The average molecular weight is 444 g/mol. The van der Waals surface area contributed by atoms with Crippen molar-refractivity contribution in [3.8, 4) is 0 Å². The van der Waals surface area contributed by atoms with Crippen molar-refractivity contribution in [2.45, 2.75) is 37.3 Å². The number of ether oxygens (including phenoxy) is 4. The second-order valence-electron chi connectivity index (χ2n) is 7.42. The van der Waals surface area contributed by atoms with E-state index in [-0.39, 0.29) is 23.6 Å². The highest BCUT2D eigenvalue weighted by molar-refractivity contribution is 5.61. The molecule has 0 saturated carbocycles. The van der Waals surface area contributed by atoms with Crippen molar-refractivity contribution >= 4 is 17.5 Å². The van der Waals surface area contributed by atoms with Crippen molar-refractivity contribution in [3.05, 3.63) is 79.9 Å². The molecule has 0 aromatic heterocycles. The van der Waals surface area contributed by atoms with E-state index >= 15 is 0 Å². The number of carbonyl (C=O) groups excluding carboxylic acids is 1. The van der Waals surface area contributed by atoms with Gasteiger partial charge in [-0.25, -0.2) is 4.79 Å². The molecule has 2 saturated heterocycles. The zero-order chi connectivity index (χ0) is 22.7. The molecule has 0 aliphatic carbocycles. The van der Waals surface area contributed by atoms with Crippen LogP contribution in [0.1, 0.15) is 36.2 Å². The van der Waals surface area contributed by atoms with E-state index in [4.69, 9.17) is 18.9 Å². The molecule has 2 aromatic rings. The molecular weight excluding hydrogens is 424 g/mol. The minimum atomic E-state index is -0.956. The minimum Gasteiger partial charge on any atom is -0.423 e. The molecule has 2 aliphatic rings. The smallest absolute Gasteiger partial charge is 0.423 e. The van der Waals surface area contributed by atoms with Gasteiger partial charge in [0.25, 0.3) is 11.4 Å². The maximum Gasteiger partial charge on any atom is 0.509 e. The van der Waals surface area contributed by atoms with Gasteiger partial charge in [0.15, 0.2) is 12.2 Å². The van der Waals surface area contributed by atoms with Crippen LogP contribution in [0.25, 0.3) is 0 Å². The maximum atomic E-state index is 12.7. The van der Waals surface area contributed by atoms with Gasteiger partial charge < -0.3 is 18.9 Å². The molecular formula is C21H20N2O9. The number of rotatable bonds is 8. The van der Waals surface area contributed by atoms with Gasteiger partial charge in [0, 0.05) is 50.3 Å². The Bertz CT molecular complexity index is 906. The SMILES string of the molecule is O=C(OC(c1ccc([N+](=O)[O-])cc1)C1CCO1)OC(c1ccc([N+](=O)[O-])cc1)C1CCO1. The van der Waals surface area contributed by atoms with Gasteiger partial charge in [-0.3, -0.25) is 20.2 Å². The van der Waals surface area contributed by atoms with Crippen LogP contribution >= 0.6 is 0 Å². The number of hydrogen-bond donors (Lipinski definition) is 0. The third-order valence-corrected chi connectivity index (χ3v) is 5.46. The summed E-state index contributed by atoms with van der Waals surface area (Å²) in [6.07, 6.45) is -2.00. The van der Waals surface area contributed by atoms with Crippen molar-refractivity contribution in [3.63, 3.8) is 0 Å². The predicted octanol–water partition coefficient (Wildman–Crippen LogP) is 4.02. The molecule has 11 heteroatoms. The van der Waals surface area contributed by atoms with Gasteiger partial charge in [-0.05, 0) is 35.4 Å². The van der Waals surface area contributed by atoms with Gasteiger partial charge in [0.2, 0.25) is 0 Å². The normalized spacial score (nSPS) is 21.4. The van der Waals surface area contributed by atoms with E-state index in [2.05, 4.69) is 0 Å². The van der Waals surface area contributed by atoms with Crippen molar-refractivity contribution in [1.29, 1.82) is 0 Å². The summed E-state index contributed by atoms with van der Waals surface area (Å²) in [6.45, 7) is 1.04. The van der Waals surface area contributed by atoms with Gasteiger partial charge in [0.05, 0.1) is 9.85 Å². The van der Waals surface area contributed by atoms with Crippen molar-refractivity contribution in [2.75, 3.05) is 13.2 Å². The molecule has 0 spiro atoms. The summed E-state index contributed by atoms with van der Waals surface area (Å²) in [4.78, 5) is 33.5. The number of nitro benzene ring substituents is 2. The van der Waals surface area contributed by atoms with Gasteiger partial charge in [-0.2, -0.15) is 0 Å². The monoisotopic (exact) mass is 444 g/mol. The Hall–Kier alpha value is -3.57. The summed E-state index contributed by atoms with van der Waals surface area (Å²) in [6, 6.07) is 11.4. The third-order valence-electron chi connectivity index (χ3n) is 5.46. The lowest BCUT2D eigenvalue weighted by atomic mass is 9.98. The summed E-state index contributed by atoms with van der Waals surface area (Å²) < 4.78 is 22.1. The van der Waals surface area contributed by atoms with Crippen LogP contribution in [0, 0.1) is 20.2 Å². The van der Waals surface area contributed by atoms with E-state index in [1.54, 1.807) is 0 Å². The fourth-order valence-corrected chi connectivity index (χ4v) is 3.51. The second kappa shape index (κ2) is 9.28. The van der Waals surface area contributed by atoms with Crippen molar-refractivity contribution in [2.24, 2.45) is 0 Å². The quantitative estimate of drug-likeness (QED) is 0.335. The summed E-state index contributed by atoms with van der Waals surface area (Å²) >= 11 is 0. The second-order valence-corrected chi connectivity index (χ2v) is 7.42. The standard InChI is InChI=1S/C21H20N2O9/c24-21(31-19(17-9-11-29-17)13-1-5-15(6-2-13)22(25)26)32-20(18-10-12-30-18)14-3-7-16(8-4-14)23(27)28/h1-8,17-20H,9-12H2. The minimum absolute atomic E-state index is 0.0787. The molecule has 4 rings (SSSR count). The lowest BCUT2D eigenvalue weighted by Crippen LogP contribution is -2.38. The molecule has 11 nitrogen and oxygen atoms in total. The van der Waals surface area contributed by atoms with Crippen molar-refractivity contribution < 1.29 is 33.6 Å². The van der Waals surface area contributed by atoms with Crippen LogP contribution in [-0.2, 0) is 18.9 Å². The summed E-state index contributed by atoms with van der Waals surface area (Å²) in [5.74, 6) is 0. The van der Waals surface area contributed by atoms with Crippen LogP contribution < -0.4 is 0 Å². The van der Waals surface area contributed by atoms with Crippen LogP contribution in [0.3, 0.4) is 0 Å². The molecule has 32 heavy (non-hydrogen) atoms. The number of benzene rings is 2. The number of carbonyl (C=O) groups is 1. The van der Waals surface area contributed by atoms with E-state index in [1.165, 1.54) is 48.5 Å². The van der Waals surface area contributed by atoms with Gasteiger partial charge in [0.1, 0.15) is 12.2 Å². The molecule has 2 aliphatic heterocycles. The molecule has 168 valence electrons. The molecule has 0 bridgehead atoms. The van der Waals surface area contributed by atoms with Crippen LogP contribution in [-0.4, -0.2) is 41.4 Å². The Morgan fingerprint density at radius 1 is 0.781 bits per heavy atom. The van der Waals surface area contributed by atoms with Crippen molar-refractivity contribution in [1.82, 2.24) is 0 Å². The average Bonchev–Trinajstić information content (AvgIpc) is 2.70. The van der Waals surface area contributed by atoms with E-state index < -0.39 is 28.2 Å². The summed E-state index contributed by atoms with van der Waals surface area (Å²) in [7, 11) is 0. The van der Waals surface area contributed by atoms with Crippen LogP contribution in [0.4, 0.5) is 16.2 Å². The van der Waals surface area contributed by atoms with Gasteiger partial charge in [-0.15, -0.1) is 0 Å². The summed E-state index contributed by atoms with van der Waals surface area (Å²) in [5, 5.41) is 21.8. The maximum absolute atomic E-state index is 12.7. The topological polar surface area (TPSA) is 140 Å². The van der Waals surface area contributed by atoms with E-state index in [0.29, 0.717) is 37.2 Å². The highest BCUT2D eigenvalue weighted by atomic mass is 16.7. The highest BCUT2D eigenvalue weighted by Crippen LogP contribution is 2.35.